The maximum atomic E-state index is 11.8. The Kier molecular flexibility index (Phi) is 7.18. The zero-order chi connectivity index (χ0) is 15.9. The number of hydrogen-bond donors (Lipinski definition) is 1. The van der Waals surface area contributed by atoms with Gasteiger partial charge in [-0.1, -0.05) is 0 Å². The van der Waals surface area contributed by atoms with Gasteiger partial charge in [0.2, 0.25) is 5.91 Å². The minimum Gasteiger partial charge on any atom is -0.378 e. The predicted molar refractivity (Wildman–Crippen MR) is 86.5 cm³/mol. The molecular formula is C16H27NO4S. The van der Waals surface area contributed by atoms with Crippen LogP contribution in [0, 0.1) is 5.92 Å². The third kappa shape index (κ3) is 5.56. The highest BCUT2D eigenvalue weighted by Gasteiger charge is 2.33. The van der Waals surface area contributed by atoms with E-state index in [9.17, 15) is 9.59 Å². The van der Waals surface area contributed by atoms with Crippen LogP contribution < -0.4 is 5.32 Å². The summed E-state index contributed by atoms with van der Waals surface area (Å²) in [5, 5.41) is 2.97. The minimum absolute atomic E-state index is 0.0337. The zero-order valence-corrected chi connectivity index (χ0v) is 14.3. The maximum absolute atomic E-state index is 11.8. The Labute approximate surface area is 137 Å². The van der Waals surface area contributed by atoms with Gasteiger partial charge in [-0.2, -0.15) is 0 Å². The molecule has 0 radical (unpaired) electrons. The van der Waals surface area contributed by atoms with Gasteiger partial charge in [0.15, 0.2) is 0 Å². The molecular weight excluding hydrogens is 302 g/mol. The summed E-state index contributed by atoms with van der Waals surface area (Å²) in [4.78, 5) is 22.9. The molecule has 0 bridgehead atoms. The van der Waals surface area contributed by atoms with Crippen LogP contribution in [0.1, 0.15) is 51.9 Å². The van der Waals surface area contributed by atoms with Crippen LogP contribution in [-0.2, 0) is 18.5 Å². The molecule has 6 heteroatoms. The molecule has 2 aliphatic rings. The summed E-state index contributed by atoms with van der Waals surface area (Å²) in [6, 6.07) is 0.181. The van der Waals surface area contributed by atoms with Crippen molar-refractivity contribution in [3.05, 3.63) is 0 Å². The number of carbonyl (C=O) groups excluding carboxylic acids is 2. The Hall–Kier alpha value is -0.590. The Morgan fingerprint density at radius 3 is 2.36 bits per heavy atom. The first-order valence-corrected chi connectivity index (χ1v) is 9.34. The average molecular weight is 329 g/mol. The number of carbonyl (C=O) groups is 2. The van der Waals surface area contributed by atoms with Crippen molar-refractivity contribution >= 4 is 23.7 Å². The lowest BCUT2D eigenvalue weighted by molar-refractivity contribution is -0.128. The van der Waals surface area contributed by atoms with Gasteiger partial charge >= 0.3 is 0 Å². The van der Waals surface area contributed by atoms with Gasteiger partial charge in [0.25, 0.3) is 0 Å². The van der Waals surface area contributed by atoms with Crippen molar-refractivity contribution < 1.29 is 18.5 Å². The van der Waals surface area contributed by atoms with Crippen LogP contribution in [-0.4, -0.2) is 42.8 Å². The molecule has 2 fully saturated rings. The lowest BCUT2D eigenvalue weighted by Crippen LogP contribution is -2.46. The van der Waals surface area contributed by atoms with Crippen molar-refractivity contribution in [1.82, 2.24) is 5.32 Å². The quantitative estimate of drug-likeness (QED) is 0.693. The highest BCUT2D eigenvalue weighted by Crippen LogP contribution is 2.28. The van der Waals surface area contributed by atoms with Gasteiger partial charge in [-0.15, -0.1) is 0 Å². The summed E-state index contributed by atoms with van der Waals surface area (Å²) in [6.45, 7) is 2.10. The number of rotatable bonds is 8. The Morgan fingerprint density at radius 1 is 1.14 bits per heavy atom. The van der Waals surface area contributed by atoms with Crippen molar-refractivity contribution in [2.24, 2.45) is 5.92 Å². The van der Waals surface area contributed by atoms with E-state index >= 15 is 0 Å². The van der Waals surface area contributed by atoms with Crippen molar-refractivity contribution in [3.63, 3.8) is 0 Å². The number of ether oxygens (including phenoxy) is 1. The number of amides is 1. The van der Waals surface area contributed by atoms with Gasteiger partial charge in [-0.05, 0) is 57.5 Å². The third-order valence-corrected chi connectivity index (χ3v) is 5.08. The second kappa shape index (κ2) is 8.89. The molecule has 0 spiro atoms. The van der Waals surface area contributed by atoms with Crippen LogP contribution in [0.4, 0.5) is 0 Å². The molecule has 0 atom stereocenters. The van der Waals surface area contributed by atoms with Crippen molar-refractivity contribution in [2.75, 3.05) is 12.9 Å². The highest BCUT2D eigenvalue weighted by molar-refractivity contribution is 7.93. The normalized spacial score (nSPS) is 31.4. The molecule has 2 rings (SSSR count). The molecule has 126 valence electrons. The van der Waals surface area contributed by atoms with E-state index in [1.54, 1.807) is 6.92 Å². The van der Waals surface area contributed by atoms with Crippen LogP contribution in [0.2, 0.25) is 0 Å². The first-order chi connectivity index (χ1) is 10.6. The van der Waals surface area contributed by atoms with E-state index in [0.29, 0.717) is 19.1 Å². The third-order valence-electron chi connectivity index (χ3n) is 4.61. The molecule has 0 aromatic carbocycles. The van der Waals surface area contributed by atoms with E-state index in [-0.39, 0.29) is 29.8 Å². The fourth-order valence-electron chi connectivity index (χ4n) is 3.12. The lowest BCUT2D eigenvalue weighted by Gasteiger charge is -2.34. The molecule has 5 nitrogen and oxygen atoms in total. The molecule has 0 aliphatic heterocycles. The number of ketones is 1. The monoisotopic (exact) mass is 329 g/mol. The molecule has 0 saturated heterocycles. The van der Waals surface area contributed by atoms with Gasteiger partial charge in [-0.3, -0.25) is 9.59 Å². The van der Waals surface area contributed by atoms with E-state index < -0.39 is 0 Å². The molecule has 0 heterocycles. The molecule has 0 unspecified atom stereocenters. The fourth-order valence-corrected chi connectivity index (χ4v) is 3.58. The van der Waals surface area contributed by atoms with Gasteiger partial charge < -0.3 is 14.2 Å². The summed E-state index contributed by atoms with van der Waals surface area (Å²) in [5.41, 5.74) is 0. The number of Topliss-reactive ketones (excluding diaryl/α,β-unsaturated/α-hetero) is 1. The zero-order valence-electron chi connectivity index (χ0n) is 13.5. The Morgan fingerprint density at radius 2 is 1.77 bits per heavy atom. The number of nitrogens with one attached hydrogen (secondary N) is 1. The highest BCUT2D eigenvalue weighted by atomic mass is 32.2. The van der Waals surface area contributed by atoms with Crippen LogP contribution >= 0.6 is 12.0 Å². The van der Waals surface area contributed by atoms with Gasteiger partial charge in [-0.25, -0.2) is 0 Å². The van der Waals surface area contributed by atoms with E-state index in [1.807, 2.05) is 6.26 Å². The summed E-state index contributed by atoms with van der Waals surface area (Å²) >= 11 is 1.43. The maximum Gasteiger partial charge on any atom is 0.222 e. The van der Waals surface area contributed by atoms with E-state index in [4.69, 9.17) is 8.92 Å². The van der Waals surface area contributed by atoms with E-state index in [0.717, 1.165) is 38.5 Å². The summed E-state index contributed by atoms with van der Waals surface area (Å²) in [6.07, 6.45) is 8.64. The molecule has 0 aromatic rings. The van der Waals surface area contributed by atoms with Gasteiger partial charge in [0, 0.05) is 24.6 Å². The molecule has 2 saturated carbocycles. The lowest BCUT2D eigenvalue weighted by atomic mass is 9.78. The van der Waals surface area contributed by atoms with Crippen LogP contribution in [0.3, 0.4) is 0 Å². The standard InChI is InChI=1S/C16H27NO4S/c1-11(18)12-9-13(10-12)17-16(19)7-8-20-14-3-5-15(6-4-14)21-22-2/h12-15H,3-10H2,1-2H3,(H,17,19)/t12-,13-,14-,15+. The van der Waals surface area contributed by atoms with Crippen LogP contribution in [0.5, 0.6) is 0 Å². The largest absolute Gasteiger partial charge is 0.378 e. The number of hydrogen-bond acceptors (Lipinski definition) is 5. The summed E-state index contributed by atoms with van der Waals surface area (Å²) in [7, 11) is 0. The first-order valence-electron chi connectivity index (χ1n) is 8.19. The SMILES string of the molecule is CSO[C@H]1CC[C@@H](OCCC(=O)N[C@H]2C[C@H](C(C)=O)C2)CC1. The van der Waals surface area contributed by atoms with E-state index in [2.05, 4.69) is 5.32 Å². The van der Waals surface area contributed by atoms with Crippen LogP contribution in [0.15, 0.2) is 0 Å². The fraction of sp³-hybridized carbons (Fsp3) is 0.875. The second-order valence-corrected chi connectivity index (χ2v) is 6.85. The molecule has 2 aliphatic carbocycles. The predicted octanol–water partition coefficient (Wildman–Crippen LogP) is 2.48. The topological polar surface area (TPSA) is 64.6 Å². The molecule has 1 N–H and O–H groups in total. The van der Waals surface area contributed by atoms with Gasteiger partial charge in [0.1, 0.15) is 5.78 Å². The average Bonchev–Trinajstić information content (AvgIpc) is 2.44. The summed E-state index contributed by atoms with van der Waals surface area (Å²) in [5.74, 6) is 0.418. The van der Waals surface area contributed by atoms with Gasteiger partial charge in [0.05, 0.1) is 18.8 Å². The second-order valence-electron chi connectivity index (χ2n) is 6.33. The van der Waals surface area contributed by atoms with Crippen molar-refractivity contribution in [3.8, 4) is 0 Å². The molecule has 22 heavy (non-hydrogen) atoms. The summed E-state index contributed by atoms with van der Waals surface area (Å²) < 4.78 is 11.3. The molecule has 1 amide bonds. The smallest absolute Gasteiger partial charge is 0.222 e. The van der Waals surface area contributed by atoms with Crippen molar-refractivity contribution in [2.45, 2.75) is 70.1 Å². The molecule has 0 aromatic heterocycles. The Balaban J connectivity index is 1.50. The van der Waals surface area contributed by atoms with Crippen LogP contribution in [0.25, 0.3) is 0 Å². The first kappa shape index (κ1) is 17.8. The van der Waals surface area contributed by atoms with Crippen molar-refractivity contribution in [1.29, 1.82) is 0 Å². The Bertz CT molecular complexity index is 376. The minimum atomic E-state index is 0.0337. The van der Waals surface area contributed by atoms with E-state index in [1.165, 1.54) is 12.0 Å².